The maximum absolute atomic E-state index is 3.51. The summed E-state index contributed by atoms with van der Waals surface area (Å²) < 4.78 is 0. The van der Waals surface area contributed by atoms with E-state index in [1.54, 1.807) is 0 Å². The SMILES string of the molecule is CCC(C)(C(C)NC)N1CCCC2CCCCC21. The molecule has 2 rings (SSSR count). The minimum Gasteiger partial charge on any atom is -0.315 e. The van der Waals surface area contributed by atoms with Crippen LogP contribution in [0.15, 0.2) is 0 Å². The standard InChI is InChI=1S/C16H32N2/c1-5-16(3,13(2)17-4)18-12-8-10-14-9-6-7-11-15(14)18/h13-15,17H,5-12H2,1-4H3. The molecule has 2 nitrogen and oxygen atoms in total. The number of likely N-dealkylation sites (tertiary alicyclic amines) is 1. The van der Waals surface area contributed by atoms with Gasteiger partial charge in [-0.1, -0.05) is 19.8 Å². The van der Waals surface area contributed by atoms with Crippen LogP contribution >= 0.6 is 0 Å². The van der Waals surface area contributed by atoms with Crippen molar-refractivity contribution >= 4 is 0 Å². The van der Waals surface area contributed by atoms with Gasteiger partial charge in [0.1, 0.15) is 0 Å². The van der Waals surface area contributed by atoms with E-state index in [-0.39, 0.29) is 0 Å². The van der Waals surface area contributed by atoms with E-state index in [1.165, 1.54) is 51.5 Å². The molecule has 4 unspecified atom stereocenters. The normalized spacial score (nSPS) is 34.7. The molecule has 0 bridgehead atoms. The minimum absolute atomic E-state index is 0.329. The van der Waals surface area contributed by atoms with Crippen molar-refractivity contribution in [1.29, 1.82) is 0 Å². The summed E-state index contributed by atoms with van der Waals surface area (Å²) in [6.45, 7) is 8.51. The zero-order valence-electron chi connectivity index (χ0n) is 12.8. The van der Waals surface area contributed by atoms with Gasteiger partial charge in [-0.05, 0) is 65.5 Å². The molecule has 0 amide bonds. The van der Waals surface area contributed by atoms with E-state index in [0.29, 0.717) is 11.6 Å². The third-order valence-corrected chi connectivity index (χ3v) is 5.98. The Kier molecular flexibility index (Phi) is 4.71. The molecule has 0 aromatic carbocycles. The monoisotopic (exact) mass is 252 g/mol. The van der Waals surface area contributed by atoms with Crippen LogP contribution in [-0.2, 0) is 0 Å². The highest BCUT2D eigenvalue weighted by molar-refractivity contribution is 5.00. The molecule has 4 atom stereocenters. The van der Waals surface area contributed by atoms with Gasteiger partial charge < -0.3 is 5.32 Å². The number of hydrogen-bond acceptors (Lipinski definition) is 2. The first-order valence-electron chi connectivity index (χ1n) is 8.07. The van der Waals surface area contributed by atoms with Gasteiger partial charge in [0, 0.05) is 17.6 Å². The van der Waals surface area contributed by atoms with Crippen LogP contribution in [0.5, 0.6) is 0 Å². The second-order valence-electron chi connectivity index (χ2n) is 6.67. The fourth-order valence-corrected chi connectivity index (χ4v) is 4.33. The molecule has 1 aliphatic heterocycles. The summed E-state index contributed by atoms with van der Waals surface area (Å²) in [4.78, 5) is 2.88. The largest absolute Gasteiger partial charge is 0.315 e. The van der Waals surface area contributed by atoms with E-state index in [0.717, 1.165) is 12.0 Å². The lowest BCUT2D eigenvalue weighted by Gasteiger charge is -2.54. The van der Waals surface area contributed by atoms with Gasteiger partial charge in [0.2, 0.25) is 0 Å². The number of fused-ring (bicyclic) bond motifs is 1. The van der Waals surface area contributed by atoms with E-state index in [9.17, 15) is 0 Å². The van der Waals surface area contributed by atoms with Crippen LogP contribution < -0.4 is 5.32 Å². The Morgan fingerprint density at radius 2 is 1.89 bits per heavy atom. The molecule has 106 valence electrons. The highest BCUT2D eigenvalue weighted by atomic mass is 15.3. The van der Waals surface area contributed by atoms with E-state index < -0.39 is 0 Å². The minimum atomic E-state index is 0.329. The number of likely N-dealkylation sites (N-methyl/N-ethyl adjacent to an activating group) is 1. The lowest BCUT2D eigenvalue weighted by atomic mass is 9.74. The first kappa shape index (κ1) is 14.3. The molecule has 0 radical (unpaired) electrons. The van der Waals surface area contributed by atoms with Crippen LogP contribution in [0.4, 0.5) is 0 Å². The number of hydrogen-bond donors (Lipinski definition) is 1. The lowest BCUT2D eigenvalue weighted by molar-refractivity contribution is -0.0372. The summed E-state index contributed by atoms with van der Waals surface area (Å²) in [5.74, 6) is 0.988. The average Bonchev–Trinajstić information content (AvgIpc) is 2.45. The van der Waals surface area contributed by atoms with Crippen molar-refractivity contribution in [3.05, 3.63) is 0 Å². The van der Waals surface area contributed by atoms with Crippen LogP contribution in [0.2, 0.25) is 0 Å². The van der Waals surface area contributed by atoms with Crippen LogP contribution in [0.25, 0.3) is 0 Å². The number of piperidine rings is 1. The summed E-state index contributed by atoms with van der Waals surface area (Å²) in [5.41, 5.74) is 0.329. The Morgan fingerprint density at radius 1 is 1.22 bits per heavy atom. The van der Waals surface area contributed by atoms with Crippen molar-refractivity contribution < 1.29 is 0 Å². The fraction of sp³-hybridized carbons (Fsp3) is 1.00. The van der Waals surface area contributed by atoms with Gasteiger partial charge in [0.05, 0.1) is 0 Å². The van der Waals surface area contributed by atoms with Crippen LogP contribution in [0.3, 0.4) is 0 Å². The van der Waals surface area contributed by atoms with Crippen LogP contribution in [0.1, 0.15) is 65.7 Å². The summed E-state index contributed by atoms with van der Waals surface area (Å²) in [5, 5.41) is 3.51. The molecule has 1 saturated carbocycles. The Labute approximate surface area is 114 Å². The molecular formula is C16H32N2. The van der Waals surface area contributed by atoms with Gasteiger partial charge in [-0.2, -0.15) is 0 Å². The zero-order chi connectivity index (χ0) is 13.2. The Balaban J connectivity index is 2.17. The highest BCUT2D eigenvalue weighted by Crippen LogP contribution is 2.40. The first-order valence-corrected chi connectivity index (χ1v) is 8.07. The fourth-order valence-electron chi connectivity index (χ4n) is 4.33. The molecule has 0 spiro atoms. The summed E-state index contributed by atoms with van der Waals surface area (Å²) in [6, 6.07) is 1.44. The summed E-state index contributed by atoms with van der Waals surface area (Å²) in [7, 11) is 2.11. The smallest absolute Gasteiger partial charge is 0.0332 e. The molecule has 0 aromatic heterocycles. The van der Waals surface area contributed by atoms with E-state index in [1.807, 2.05) is 0 Å². The third kappa shape index (κ3) is 2.46. The van der Waals surface area contributed by atoms with E-state index >= 15 is 0 Å². The summed E-state index contributed by atoms with van der Waals surface area (Å²) in [6.07, 6.45) is 9.98. The van der Waals surface area contributed by atoms with E-state index in [2.05, 4.69) is 38.0 Å². The Morgan fingerprint density at radius 3 is 2.56 bits per heavy atom. The summed E-state index contributed by atoms with van der Waals surface area (Å²) >= 11 is 0. The first-order chi connectivity index (χ1) is 8.63. The number of nitrogens with zero attached hydrogens (tertiary/aromatic N) is 1. The predicted octanol–water partition coefficient (Wildman–Crippen LogP) is 3.42. The second kappa shape index (κ2) is 5.92. The average molecular weight is 252 g/mol. The Hall–Kier alpha value is -0.0800. The number of rotatable bonds is 4. The molecule has 0 aromatic rings. The van der Waals surface area contributed by atoms with Crippen molar-refractivity contribution in [2.24, 2.45) is 5.92 Å². The van der Waals surface area contributed by atoms with Crippen molar-refractivity contribution in [2.45, 2.75) is 83.3 Å². The molecule has 2 aliphatic rings. The molecule has 2 heteroatoms. The van der Waals surface area contributed by atoms with Crippen LogP contribution in [-0.4, -0.2) is 36.1 Å². The van der Waals surface area contributed by atoms with Gasteiger partial charge in [0.25, 0.3) is 0 Å². The lowest BCUT2D eigenvalue weighted by Crippen LogP contribution is -2.63. The third-order valence-electron chi connectivity index (χ3n) is 5.98. The molecule has 1 aliphatic carbocycles. The van der Waals surface area contributed by atoms with E-state index in [4.69, 9.17) is 0 Å². The van der Waals surface area contributed by atoms with Gasteiger partial charge in [-0.3, -0.25) is 4.90 Å². The molecule has 1 saturated heterocycles. The molecule has 1 heterocycles. The molecule has 18 heavy (non-hydrogen) atoms. The van der Waals surface area contributed by atoms with Gasteiger partial charge in [-0.15, -0.1) is 0 Å². The van der Waals surface area contributed by atoms with Gasteiger partial charge in [0.15, 0.2) is 0 Å². The van der Waals surface area contributed by atoms with Crippen LogP contribution in [0, 0.1) is 5.92 Å². The topological polar surface area (TPSA) is 15.3 Å². The quantitative estimate of drug-likeness (QED) is 0.825. The van der Waals surface area contributed by atoms with Crippen molar-refractivity contribution in [3.8, 4) is 0 Å². The second-order valence-corrected chi connectivity index (χ2v) is 6.67. The maximum Gasteiger partial charge on any atom is 0.0332 e. The molecule has 2 fully saturated rings. The van der Waals surface area contributed by atoms with Crippen molar-refractivity contribution in [3.63, 3.8) is 0 Å². The zero-order valence-corrected chi connectivity index (χ0v) is 12.8. The Bertz CT molecular complexity index is 264. The number of nitrogens with one attached hydrogen (secondary N) is 1. The highest BCUT2D eigenvalue weighted by Gasteiger charge is 2.43. The van der Waals surface area contributed by atoms with Crippen molar-refractivity contribution in [2.75, 3.05) is 13.6 Å². The van der Waals surface area contributed by atoms with Gasteiger partial charge in [-0.25, -0.2) is 0 Å². The molecular weight excluding hydrogens is 220 g/mol. The van der Waals surface area contributed by atoms with Gasteiger partial charge >= 0.3 is 0 Å². The predicted molar refractivity (Wildman–Crippen MR) is 78.9 cm³/mol. The maximum atomic E-state index is 3.51. The van der Waals surface area contributed by atoms with Crippen molar-refractivity contribution in [1.82, 2.24) is 10.2 Å². The molecule has 1 N–H and O–H groups in total.